The van der Waals surface area contributed by atoms with Crippen LogP contribution in [-0.2, 0) is 11.2 Å². The van der Waals surface area contributed by atoms with Gasteiger partial charge in [-0.3, -0.25) is 4.79 Å². The van der Waals surface area contributed by atoms with Crippen molar-refractivity contribution in [2.75, 3.05) is 25.5 Å². The molecule has 0 saturated carbocycles. The summed E-state index contributed by atoms with van der Waals surface area (Å²) in [5.41, 5.74) is 0. The lowest BCUT2D eigenvalue weighted by molar-refractivity contribution is -0.120. The van der Waals surface area contributed by atoms with E-state index in [9.17, 15) is 4.79 Å². The lowest BCUT2D eigenvalue weighted by atomic mass is 10.2. The fourth-order valence-corrected chi connectivity index (χ4v) is 2.82. The van der Waals surface area contributed by atoms with Gasteiger partial charge in [0.2, 0.25) is 5.91 Å². The fourth-order valence-electron chi connectivity index (χ4n) is 2.04. The van der Waals surface area contributed by atoms with Gasteiger partial charge in [0.15, 0.2) is 0 Å². The summed E-state index contributed by atoms with van der Waals surface area (Å²) in [5.74, 6) is 1.91. The van der Waals surface area contributed by atoms with Crippen molar-refractivity contribution in [3.8, 4) is 0 Å². The molecule has 0 aliphatic carbocycles. The molecule has 108 valence electrons. The number of aryl methyl sites for hydroxylation is 1. The Balaban J connectivity index is 2.14. The Labute approximate surface area is 123 Å². The Morgan fingerprint density at radius 1 is 1.45 bits per heavy atom. The molecule has 20 heavy (non-hydrogen) atoms. The highest BCUT2D eigenvalue weighted by atomic mass is 32.1. The highest BCUT2D eigenvalue weighted by molar-refractivity contribution is 7.16. The molecule has 6 heteroatoms. The SMILES string of the molecule is CCc1nc(N(C)CCCC(=O)NC)c2ccsc2n1. The van der Waals surface area contributed by atoms with E-state index in [4.69, 9.17) is 0 Å². The van der Waals surface area contributed by atoms with Gasteiger partial charge in [-0.1, -0.05) is 6.92 Å². The predicted octanol–water partition coefficient (Wildman–Crippen LogP) is 2.22. The van der Waals surface area contributed by atoms with Gasteiger partial charge in [-0.2, -0.15) is 0 Å². The van der Waals surface area contributed by atoms with Gasteiger partial charge in [0.25, 0.3) is 0 Å². The van der Waals surface area contributed by atoms with E-state index in [1.807, 2.05) is 12.4 Å². The summed E-state index contributed by atoms with van der Waals surface area (Å²) >= 11 is 1.64. The van der Waals surface area contributed by atoms with E-state index in [0.29, 0.717) is 6.42 Å². The molecule has 2 aromatic heterocycles. The van der Waals surface area contributed by atoms with Crippen LogP contribution in [0.4, 0.5) is 5.82 Å². The number of rotatable bonds is 6. The molecule has 0 fully saturated rings. The molecule has 0 aromatic carbocycles. The maximum absolute atomic E-state index is 11.2. The molecule has 2 aromatic rings. The van der Waals surface area contributed by atoms with Crippen LogP contribution in [0.2, 0.25) is 0 Å². The number of anilines is 1. The Morgan fingerprint density at radius 2 is 2.25 bits per heavy atom. The number of aromatic nitrogens is 2. The van der Waals surface area contributed by atoms with E-state index in [-0.39, 0.29) is 5.91 Å². The molecule has 1 N–H and O–H groups in total. The first-order chi connectivity index (χ1) is 9.65. The zero-order chi connectivity index (χ0) is 14.5. The molecule has 0 spiro atoms. The minimum atomic E-state index is 0.0796. The standard InChI is InChI=1S/C14H20N4OS/c1-4-11-16-13(10-7-9-20-14(10)17-11)18(3)8-5-6-12(19)15-2/h7,9H,4-6,8H2,1-3H3,(H,15,19). The third-order valence-electron chi connectivity index (χ3n) is 3.21. The van der Waals surface area contributed by atoms with Gasteiger partial charge in [-0.25, -0.2) is 9.97 Å². The van der Waals surface area contributed by atoms with E-state index < -0.39 is 0 Å². The fraction of sp³-hybridized carbons (Fsp3) is 0.500. The van der Waals surface area contributed by atoms with Crippen molar-refractivity contribution in [1.82, 2.24) is 15.3 Å². The number of amides is 1. The van der Waals surface area contributed by atoms with Crippen molar-refractivity contribution >= 4 is 33.3 Å². The number of fused-ring (bicyclic) bond motifs is 1. The second-order valence-corrected chi connectivity index (χ2v) is 5.55. The number of nitrogens with one attached hydrogen (secondary N) is 1. The molecule has 2 heterocycles. The third-order valence-corrected chi connectivity index (χ3v) is 4.01. The molecule has 0 aliphatic rings. The van der Waals surface area contributed by atoms with E-state index in [0.717, 1.165) is 41.2 Å². The summed E-state index contributed by atoms with van der Waals surface area (Å²) < 4.78 is 0. The molecule has 0 radical (unpaired) electrons. The monoisotopic (exact) mass is 292 g/mol. The van der Waals surface area contributed by atoms with Crippen LogP contribution in [0, 0.1) is 0 Å². The number of carbonyl (C=O) groups excluding carboxylic acids is 1. The maximum atomic E-state index is 11.2. The third kappa shape index (κ3) is 3.25. The van der Waals surface area contributed by atoms with Crippen molar-refractivity contribution < 1.29 is 4.79 Å². The van der Waals surface area contributed by atoms with Crippen LogP contribution in [0.5, 0.6) is 0 Å². The number of carbonyl (C=O) groups is 1. The first-order valence-corrected chi connectivity index (χ1v) is 7.69. The molecule has 0 bridgehead atoms. The molecule has 1 amide bonds. The van der Waals surface area contributed by atoms with Gasteiger partial charge >= 0.3 is 0 Å². The predicted molar refractivity (Wildman–Crippen MR) is 83.4 cm³/mol. The van der Waals surface area contributed by atoms with E-state index in [1.165, 1.54) is 0 Å². The molecular weight excluding hydrogens is 272 g/mol. The van der Waals surface area contributed by atoms with Crippen molar-refractivity contribution in [2.45, 2.75) is 26.2 Å². The highest BCUT2D eigenvalue weighted by Gasteiger charge is 2.12. The zero-order valence-electron chi connectivity index (χ0n) is 12.1. The lowest BCUT2D eigenvalue weighted by Gasteiger charge is -2.19. The van der Waals surface area contributed by atoms with E-state index in [2.05, 4.69) is 33.2 Å². The number of nitrogens with zero attached hydrogens (tertiary/aromatic N) is 3. The molecule has 0 saturated heterocycles. The van der Waals surface area contributed by atoms with Crippen LogP contribution in [0.25, 0.3) is 10.2 Å². The molecule has 2 rings (SSSR count). The van der Waals surface area contributed by atoms with Gasteiger partial charge in [-0.05, 0) is 17.9 Å². The highest BCUT2D eigenvalue weighted by Crippen LogP contribution is 2.27. The molecule has 0 atom stereocenters. The van der Waals surface area contributed by atoms with Crippen LogP contribution in [0.15, 0.2) is 11.4 Å². The second-order valence-electron chi connectivity index (χ2n) is 4.65. The van der Waals surface area contributed by atoms with Crippen molar-refractivity contribution in [3.05, 3.63) is 17.3 Å². The van der Waals surface area contributed by atoms with Crippen molar-refractivity contribution in [2.24, 2.45) is 0 Å². The summed E-state index contributed by atoms with van der Waals surface area (Å²) in [5, 5.41) is 5.78. The minimum absolute atomic E-state index is 0.0796. The van der Waals surface area contributed by atoms with Crippen LogP contribution in [0.3, 0.4) is 0 Å². The van der Waals surface area contributed by atoms with Crippen molar-refractivity contribution in [1.29, 1.82) is 0 Å². The van der Waals surface area contributed by atoms with Crippen LogP contribution < -0.4 is 10.2 Å². The summed E-state index contributed by atoms with van der Waals surface area (Å²) in [4.78, 5) is 23.6. The largest absolute Gasteiger partial charge is 0.359 e. The molecule has 0 unspecified atom stereocenters. The number of hydrogen-bond acceptors (Lipinski definition) is 5. The van der Waals surface area contributed by atoms with Gasteiger partial charge in [0.1, 0.15) is 16.5 Å². The Hall–Kier alpha value is -1.69. The van der Waals surface area contributed by atoms with Gasteiger partial charge in [0, 0.05) is 33.5 Å². The molecule has 0 aliphatic heterocycles. The second kappa shape index (κ2) is 6.65. The van der Waals surface area contributed by atoms with Crippen LogP contribution in [0.1, 0.15) is 25.6 Å². The zero-order valence-corrected chi connectivity index (χ0v) is 13.0. The average molecular weight is 292 g/mol. The average Bonchev–Trinajstić information content (AvgIpc) is 2.93. The molecular formula is C14H20N4OS. The quantitative estimate of drug-likeness (QED) is 0.887. The topological polar surface area (TPSA) is 58.1 Å². The molecule has 5 nitrogen and oxygen atoms in total. The normalized spacial score (nSPS) is 10.8. The first-order valence-electron chi connectivity index (χ1n) is 6.81. The van der Waals surface area contributed by atoms with Crippen molar-refractivity contribution in [3.63, 3.8) is 0 Å². The van der Waals surface area contributed by atoms with E-state index in [1.54, 1.807) is 18.4 Å². The van der Waals surface area contributed by atoms with E-state index >= 15 is 0 Å². The summed E-state index contributed by atoms with van der Waals surface area (Å²) in [6.07, 6.45) is 2.18. The van der Waals surface area contributed by atoms with Crippen LogP contribution >= 0.6 is 11.3 Å². The Morgan fingerprint density at radius 3 is 2.95 bits per heavy atom. The first kappa shape index (κ1) is 14.7. The van der Waals surface area contributed by atoms with Gasteiger partial charge in [0.05, 0.1) is 5.39 Å². The van der Waals surface area contributed by atoms with Gasteiger partial charge in [-0.15, -0.1) is 11.3 Å². The maximum Gasteiger partial charge on any atom is 0.219 e. The summed E-state index contributed by atoms with van der Waals surface area (Å²) in [7, 11) is 3.68. The number of hydrogen-bond donors (Lipinski definition) is 1. The Bertz CT molecular complexity index is 596. The smallest absolute Gasteiger partial charge is 0.219 e. The summed E-state index contributed by atoms with van der Waals surface area (Å²) in [6.45, 7) is 2.86. The lowest BCUT2D eigenvalue weighted by Crippen LogP contribution is -2.23. The minimum Gasteiger partial charge on any atom is -0.359 e. The summed E-state index contributed by atoms with van der Waals surface area (Å²) in [6, 6.07) is 2.06. The number of thiophene rings is 1. The Kier molecular flexibility index (Phi) is 4.89. The van der Waals surface area contributed by atoms with Gasteiger partial charge < -0.3 is 10.2 Å². The van der Waals surface area contributed by atoms with Crippen LogP contribution in [-0.4, -0.2) is 36.5 Å².